The van der Waals surface area contributed by atoms with Crippen molar-refractivity contribution >= 4 is 11.9 Å². The van der Waals surface area contributed by atoms with E-state index in [-0.39, 0.29) is 12.8 Å². The van der Waals surface area contributed by atoms with E-state index in [1.54, 1.807) is 0 Å². The molecule has 0 aliphatic heterocycles. The van der Waals surface area contributed by atoms with Crippen molar-refractivity contribution in [3.8, 4) is 0 Å². The third-order valence-corrected chi connectivity index (χ3v) is 0.986. The number of carboxylic acid groups (broad SMARTS) is 2. The van der Waals surface area contributed by atoms with Crippen LogP contribution in [0.3, 0.4) is 0 Å². The third kappa shape index (κ3) is 8.64. The van der Waals surface area contributed by atoms with Gasteiger partial charge in [-0.25, -0.2) is 0 Å². The molecular formula is C7H13NO4. The summed E-state index contributed by atoms with van der Waals surface area (Å²) in [7, 11) is 0. The van der Waals surface area contributed by atoms with Crippen molar-refractivity contribution in [2.75, 3.05) is 0 Å². The molecule has 0 spiro atoms. The van der Waals surface area contributed by atoms with Gasteiger partial charge in [-0.15, -0.1) is 13.2 Å². The molecule has 0 radical (unpaired) electrons. The maximum atomic E-state index is 9.99. The summed E-state index contributed by atoms with van der Waals surface area (Å²) in [5.74, 6) is -2.20. The lowest BCUT2D eigenvalue weighted by molar-refractivity contribution is -0.139. The van der Waals surface area contributed by atoms with Crippen LogP contribution in [-0.2, 0) is 9.59 Å². The summed E-state index contributed by atoms with van der Waals surface area (Å²) < 4.78 is 0. The molecule has 0 saturated heterocycles. The topological polar surface area (TPSA) is 101 Å². The molecule has 0 aliphatic carbocycles. The summed E-state index contributed by atoms with van der Waals surface area (Å²) in [6, 6.07) is -1.06. The van der Waals surface area contributed by atoms with Crippen LogP contribution >= 0.6 is 0 Å². The predicted octanol–water partition coefficient (Wildman–Crippen LogP) is 0.0653. The van der Waals surface area contributed by atoms with E-state index in [0.29, 0.717) is 0 Å². The van der Waals surface area contributed by atoms with Crippen LogP contribution in [0.15, 0.2) is 13.2 Å². The van der Waals surface area contributed by atoms with Crippen molar-refractivity contribution < 1.29 is 19.8 Å². The Morgan fingerprint density at radius 2 is 1.75 bits per heavy atom. The van der Waals surface area contributed by atoms with E-state index >= 15 is 0 Å². The number of carboxylic acids is 2. The van der Waals surface area contributed by atoms with Crippen molar-refractivity contribution in [3.63, 3.8) is 0 Å². The first-order valence-corrected chi connectivity index (χ1v) is 3.24. The normalized spacial score (nSPS) is 10.8. The quantitative estimate of drug-likeness (QED) is 0.525. The van der Waals surface area contributed by atoms with Gasteiger partial charge >= 0.3 is 11.9 Å². The molecule has 0 rings (SSSR count). The Hall–Kier alpha value is -1.36. The average molecular weight is 175 g/mol. The van der Waals surface area contributed by atoms with E-state index in [4.69, 9.17) is 15.9 Å². The van der Waals surface area contributed by atoms with Crippen LogP contribution in [0, 0.1) is 0 Å². The molecule has 0 heterocycles. The summed E-state index contributed by atoms with van der Waals surface area (Å²) in [6.45, 7) is 6.00. The van der Waals surface area contributed by atoms with Crippen LogP contribution in [0.5, 0.6) is 0 Å². The van der Waals surface area contributed by atoms with E-state index in [2.05, 4.69) is 13.2 Å². The van der Waals surface area contributed by atoms with Gasteiger partial charge in [0.05, 0.1) is 0 Å². The van der Waals surface area contributed by atoms with Crippen molar-refractivity contribution in [2.24, 2.45) is 5.73 Å². The minimum atomic E-state index is -1.17. The number of aliphatic carboxylic acids is 2. The van der Waals surface area contributed by atoms with Crippen LogP contribution in [0.2, 0.25) is 0 Å². The van der Waals surface area contributed by atoms with Gasteiger partial charge in [0.25, 0.3) is 0 Å². The summed E-state index contributed by atoms with van der Waals surface area (Å²) in [6.07, 6.45) is -0.224. The molecule has 1 atom stereocenters. The predicted molar refractivity (Wildman–Crippen MR) is 43.7 cm³/mol. The molecule has 0 aromatic heterocycles. The summed E-state index contributed by atoms with van der Waals surface area (Å²) in [4.78, 5) is 19.9. The summed E-state index contributed by atoms with van der Waals surface area (Å²) >= 11 is 0. The Morgan fingerprint density at radius 3 is 2.00 bits per heavy atom. The fourth-order valence-corrected chi connectivity index (χ4v) is 0.402. The monoisotopic (exact) mass is 175 g/mol. The highest BCUT2D eigenvalue weighted by Gasteiger charge is 2.12. The molecule has 0 aromatic rings. The van der Waals surface area contributed by atoms with Crippen molar-refractivity contribution in [1.82, 2.24) is 0 Å². The number of hydrogen-bond donors (Lipinski definition) is 3. The number of hydrogen-bond acceptors (Lipinski definition) is 3. The first-order valence-electron chi connectivity index (χ1n) is 3.24. The van der Waals surface area contributed by atoms with E-state index < -0.39 is 18.0 Å². The first-order chi connectivity index (χ1) is 5.54. The largest absolute Gasteiger partial charge is 0.481 e. The maximum absolute atomic E-state index is 9.99. The fourth-order valence-electron chi connectivity index (χ4n) is 0.402. The highest BCUT2D eigenvalue weighted by molar-refractivity contribution is 5.74. The van der Waals surface area contributed by atoms with Gasteiger partial charge in [0.15, 0.2) is 0 Å². The van der Waals surface area contributed by atoms with E-state index in [9.17, 15) is 9.59 Å². The Balaban J connectivity index is 0. The molecule has 0 saturated carbocycles. The van der Waals surface area contributed by atoms with Crippen LogP contribution in [0.1, 0.15) is 12.8 Å². The lowest BCUT2D eigenvalue weighted by Gasteiger charge is -2.01. The second-order valence-corrected chi connectivity index (χ2v) is 1.88. The van der Waals surface area contributed by atoms with Crippen LogP contribution in [-0.4, -0.2) is 28.2 Å². The maximum Gasteiger partial charge on any atom is 0.320 e. The number of nitrogens with two attached hydrogens (primary N) is 1. The molecule has 70 valence electrons. The van der Waals surface area contributed by atoms with Crippen molar-refractivity contribution in [3.05, 3.63) is 13.2 Å². The molecular weight excluding hydrogens is 162 g/mol. The smallest absolute Gasteiger partial charge is 0.320 e. The minimum Gasteiger partial charge on any atom is -0.481 e. The highest BCUT2D eigenvalue weighted by Crippen LogP contribution is 1.93. The zero-order chi connectivity index (χ0) is 10.1. The SMILES string of the molecule is C=C.NC(CCC(=O)O)C(=O)O. The number of carbonyl (C=O) groups is 2. The molecule has 12 heavy (non-hydrogen) atoms. The van der Waals surface area contributed by atoms with Gasteiger partial charge in [-0.05, 0) is 6.42 Å². The molecule has 5 heteroatoms. The van der Waals surface area contributed by atoms with Gasteiger partial charge in [0.2, 0.25) is 0 Å². The molecule has 1 unspecified atom stereocenters. The average Bonchev–Trinajstić information content (AvgIpc) is 2.03. The van der Waals surface area contributed by atoms with Gasteiger partial charge in [-0.2, -0.15) is 0 Å². The van der Waals surface area contributed by atoms with Gasteiger partial charge < -0.3 is 15.9 Å². The Kier molecular flexibility index (Phi) is 8.55. The number of rotatable bonds is 4. The van der Waals surface area contributed by atoms with E-state index in [1.807, 2.05) is 0 Å². The van der Waals surface area contributed by atoms with Gasteiger partial charge in [0.1, 0.15) is 6.04 Å². The second kappa shape index (κ2) is 7.74. The first kappa shape index (κ1) is 13.2. The Morgan fingerprint density at radius 1 is 1.33 bits per heavy atom. The molecule has 5 nitrogen and oxygen atoms in total. The van der Waals surface area contributed by atoms with Crippen molar-refractivity contribution in [1.29, 1.82) is 0 Å². The zero-order valence-electron chi connectivity index (χ0n) is 6.69. The molecule has 0 aromatic carbocycles. The van der Waals surface area contributed by atoms with E-state index in [0.717, 1.165) is 0 Å². The Labute approximate surface area is 70.5 Å². The molecule has 0 amide bonds. The van der Waals surface area contributed by atoms with Gasteiger partial charge in [0, 0.05) is 6.42 Å². The van der Waals surface area contributed by atoms with Gasteiger partial charge in [-0.1, -0.05) is 0 Å². The lowest BCUT2D eigenvalue weighted by Crippen LogP contribution is -2.30. The molecule has 0 bridgehead atoms. The fraction of sp³-hybridized carbons (Fsp3) is 0.429. The van der Waals surface area contributed by atoms with E-state index in [1.165, 1.54) is 0 Å². The van der Waals surface area contributed by atoms with Gasteiger partial charge in [-0.3, -0.25) is 9.59 Å². The summed E-state index contributed by atoms with van der Waals surface area (Å²) in [5.41, 5.74) is 5.00. The zero-order valence-corrected chi connectivity index (χ0v) is 6.69. The Bertz CT molecular complexity index is 157. The lowest BCUT2D eigenvalue weighted by atomic mass is 10.2. The molecule has 0 aliphatic rings. The minimum absolute atomic E-state index is 0.0231. The standard InChI is InChI=1S/C5H9NO4.C2H4/c6-3(5(9)10)1-2-4(7)8;1-2/h3H,1-2,6H2,(H,7,8)(H,9,10);1-2H2. The highest BCUT2D eigenvalue weighted by atomic mass is 16.4. The summed E-state index contributed by atoms with van der Waals surface area (Å²) in [5, 5.41) is 16.3. The molecule has 0 fully saturated rings. The molecule has 4 N–H and O–H groups in total. The van der Waals surface area contributed by atoms with Crippen LogP contribution in [0.4, 0.5) is 0 Å². The van der Waals surface area contributed by atoms with Crippen LogP contribution < -0.4 is 5.73 Å². The van der Waals surface area contributed by atoms with Crippen molar-refractivity contribution in [2.45, 2.75) is 18.9 Å². The van der Waals surface area contributed by atoms with Crippen LogP contribution in [0.25, 0.3) is 0 Å². The second-order valence-electron chi connectivity index (χ2n) is 1.88. The third-order valence-electron chi connectivity index (χ3n) is 0.986.